The number of likely N-dealkylation sites (tertiary alicyclic amines) is 1. The zero-order chi connectivity index (χ0) is 7.59. The molecule has 0 radical (unpaired) electrons. The SMILES string of the molecule is CC1C2C3C=CC(C3)C2N1C. The maximum atomic E-state index is 2.55. The predicted octanol–water partition coefficient (Wildman–Crippen LogP) is 1.51. The van der Waals surface area contributed by atoms with Crippen LogP contribution in [0.25, 0.3) is 0 Å². The standard InChI is InChI=1S/C10H15N/c1-6-9-7-3-4-8(5-7)10(9)11(6)2/h3-4,6-10H,5H2,1-2H3. The van der Waals surface area contributed by atoms with Crippen molar-refractivity contribution in [2.75, 3.05) is 7.05 Å². The summed E-state index contributed by atoms with van der Waals surface area (Å²) in [5.41, 5.74) is 0. The van der Waals surface area contributed by atoms with E-state index in [9.17, 15) is 0 Å². The van der Waals surface area contributed by atoms with Crippen LogP contribution in [0.1, 0.15) is 13.3 Å². The Bertz CT molecular complexity index is 199. The normalized spacial score (nSPS) is 59.6. The van der Waals surface area contributed by atoms with Crippen molar-refractivity contribution in [2.45, 2.75) is 25.4 Å². The lowest BCUT2D eigenvalue weighted by atomic mass is 9.74. The Labute approximate surface area is 68.1 Å². The summed E-state index contributed by atoms with van der Waals surface area (Å²) in [6.07, 6.45) is 6.34. The van der Waals surface area contributed by atoms with Crippen molar-refractivity contribution >= 4 is 0 Å². The molecule has 1 saturated heterocycles. The van der Waals surface area contributed by atoms with Gasteiger partial charge in [0.15, 0.2) is 0 Å². The van der Waals surface area contributed by atoms with Gasteiger partial charge in [-0.15, -0.1) is 0 Å². The van der Waals surface area contributed by atoms with Gasteiger partial charge in [-0.05, 0) is 38.1 Å². The van der Waals surface area contributed by atoms with Gasteiger partial charge >= 0.3 is 0 Å². The quantitative estimate of drug-likeness (QED) is 0.472. The Morgan fingerprint density at radius 1 is 1.27 bits per heavy atom. The summed E-state index contributed by atoms with van der Waals surface area (Å²) in [6, 6.07) is 1.76. The highest BCUT2D eigenvalue weighted by Gasteiger charge is 2.56. The van der Waals surface area contributed by atoms with E-state index in [1.54, 1.807) is 0 Å². The van der Waals surface area contributed by atoms with Gasteiger partial charge < -0.3 is 0 Å². The number of hydrogen-bond donors (Lipinski definition) is 0. The van der Waals surface area contributed by atoms with Crippen molar-refractivity contribution in [1.29, 1.82) is 0 Å². The van der Waals surface area contributed by atoms with Crippen molar-refractivity contribution in [1.82, 2.24) is 4.90 Å². The smallest absolute Gasteiger partial charge is 0.0207 e. The second-order valence-electron chi connectivity index (χ2n) is 4.42. The molecule has 0 amide bonds. The first-order chi connectivity index (χ1) is 5.29. The van der Waals surface area contributed by atoms with Crippen molar-refractivity contribution < 1.29 is 0 Å². The molecule has 1 heteroatoms. The van der Waals surface area contributed by atoms with Crippen molar-refractivity contribution in [2.24, 2.45) is 17.8 Å². The van der Waals surface area contributed by atoms with Crippen molar-refractivity contribution in [3.05, 3.63) is 12.2 Å². The lowest BCUT2D eigenvalue weighted by molar-refractivity contribution is -0.0301. The van der Waals surface area contributed by atoms with E-state index in [0.29, 0.717) is 0 Å². The summed E-state index contributed by atoms with van der Waals surface area (Å²) in [5.74, 6) is 2.86. The molecule has 5 atom stereocenters. The first-order valence-electron chi connectivity index (χ1n) is 4.69. The van der Waals surface area contributed by atoms with Crippen LogP contribution in [-0.2, 0) is 0 Å². The van der Waals surface area contributed by atoms with Crippen LogP contribution in [0.2, 0.25) is 0 Å². The minimum absolute atomic E-state index is 0.847. The fraction of sp³-hybridized carbons (Fsp3) is 0.800. The van der Waals surface area contributed by atoms with Crippen LogP contribution in [0.5, 0.6) is 0 Å². The number of fused-ring (bicyclic) bond motifs is 5. The molecular formula is C10H15N. The minimum atomic E-state index is 0.847. The third-order valence-electron chi connectivity index (χ3n) is 4.15. The second kappa shape index (κ2) is 1.71. The van der Waals surface area contributed by atoms with E-state index in [2.05, 4.69) is 31.0 Å². The number of nitrogens with zero attached hydrogens (tertiary/aromatic N) is 1. The van der Waals surface area contributed by atoms with Gasteiger partial charge in [-0.25, -0.2) is 0 Å². The summed E-state index contributed by atoms with van der Waals surface area (Å²) >= 11 is 0. The Hall–Kier alpha value is -0.300. The van der Waals surface area contributed by atoms with E-state index in [4.69, 9.17) is 0 Å². The first-order valence-corrected chi connectivity index (χ1v) is 4.69. The highest BCUT2D eigenvalue weighted by atomic mass is 15.3. The first kappa shape index (κ1) is 6.24. The van der Waals surface area contributed by atoms with Gasteiger partial charge in [-0.2, -0.15) is 0 Å². The van der Waals surface area contributed by atoms with Gasteiger partial charge in [0.1, 0.15) is 0 Å². The molecule has 0 spiro atoms. The molecule has 0 aromatic rings. The van der Waals surface area contributed by atoms with E-state index in [1.165, 1.54) is 6.42 Å². The van der Waals surface area contributed by atoms with Crippen LogP contribution in [0, 0.1) is 17.8 Å². The van der Waals surface area contributed by atoms with Crippen LogP contribution in [0.3, 0.4) is 0 Å². The lowest BCUT2D eigenvalue weighted by Crippen LogP contribution is -2.61. The van der Waals surface area contributed by atoms with E-state index in [1.807, 2.05) is 0 Å². The molecule has 3 aliphatic rings. The fourth-order valence-corrected chi connectivity index (χ4v) is 3.49. The van der Waals surface area contributed by atoms with E-state index >= 15 is 0 Å². The molecule has 1 heterocycles. The highest BCUT2D eigenvalue weighted by Crippen LogP contribution is 2.54. The Balaban J connectivity index is 1.96. The molecule has 3 rings (SSSR count). The highest BCUT2D eigenvalue weighted by molar-refractivity contribution is 5.22. The molecule has 60 valence electrons. The molecule has 0 N–H and O–H groups in total. The van der Waals surface area contributed by atoms with E-state index in [0.717, 1.165) is 29.8 Å². The molecule has 2 aliphatic carbocycles. The Kier molecular flexibility index (Phi) is 0.972. The minimum Gasteiger partial charge on any atom is -0.299 e. The van der Waals surface area contributed by atoms with Crippen molar-refractivity contribution in [3.63, 3.8) is 0 Å². The third kappa shape index (κ3) is 0.538. The van der Waals surface area contributed by atoms with Crippen LogP contribution in [0.15, 0.2) is 12.2 Å². The largest absolute Gasteiger partial charge is 0.299 e. The zero-order valence-electron chi connectivity index (χ0n) is 7.20. The monoisotopic (exact) mass is 149 g/mol. The summed E-state index contributed by atoms with van der Waals surface area (Å²) in [5, 5.41) is 0. The Morgan fingerprint density at radius 2 is 2.00 bits per heavy atom. The molecule has 0 aromatic carbocycles. The van der Waals surface area contributed by atoms with Crippen molar-refractivity contribution in [3.8, 4) is 0 Å². The molecule has 2 fully saturated rings. The molecule has 1 nitrogen and oxygen atoms in total. The van der Waals surface area contributed by atoms with Gasteiger partial charge in [0.2, 0.25) is 0 Å². The summed E-state index contributed by atoms with van der Waals surface area (Å²) in [7, 11) is 2.28. The predicted molar refractivity (Wildman–Crippen MR) is 45.2 cm³/mol. The molecule has 11 heavy (non-hydrogen) atoms. The molecule has 2 bridgehead atoms. The third-order valence-corrected chi connectivity index (χ3v) is 4.15. The number of rotatable bonds is 0. The van der Waals surface area contributed by atoms with Gasteiger partial charge in [-0.3, -0.25) is 4.90 Å². The second-order valence-corrected chi connectivity index (χ2v) is 4.42. The van der Waals surface area contributed by atoms with Gasteiger partial charge in [0.25, 0.3) is 0 Å². The molecule has 0 aromatic heterocycles. The Morgan fingerprint density at radius 3 is 2.73 bits per heavy atom. The topological polar surface area (TPSA) is 3.24 Å². The van der Waals surface area contributed by atoms with Crippen LogP contribution < -0.4 is 0 Å². The van der Waals surface area contributed by atoms with E-state index < -0.39 is 0 Å². The van der Waals surface area contributed by atoms with Crippen LogP contribution in [0.4, 0.5) is 0 Å². The summed E-state index contributed by atoms with van der Waals surface area (Å²) < 4.78 is 0. The van der Waals surface area contributed by atoms with Crippen LogP contribution >= 0.6 is 0 Å². The number of hydrogen-bond acceptors (Lipinski definition) is 1. The van der Waals surface area contributed by atoms with Gasteiger partial charge in [0.05, 0.1) is 0 Å². The zero-order valence-corrected chi connectivity index (χ0v) is 7.20. The molecule has 5 unspecified atom stereocenters. The summed E-state index contributed by atoms with van der Waals surface area (Å²) in [6.45, 7) is 2.37. The lowest BCUT2D eigenvalue weighted by Gasteiger charge is -2.53. The maximum Gasteiger partial charge on any atom is 0.0207 e. The maximum absolute atomic E-state index is 2.55. The molecule has 1 saturated carbocycles. The van der Waals surface area contributed by atoms with Gasteiger partial charge in [-0.1, -0.05) is 12.2 Å². The number of allylic oxidation sites excluding steroid dienone is 1. The van der Waals surface area contributed by atoms with E-state index in [-0.39, 0.29) is 0 Å². The molecule has 1 aliphatic heterocycles. The van der Waals surface area contributed by atoms with Crippen LogP contribution in [-0.4, -0.2) is 24.0 Å². The average molecular weight is 149 g/mol. The fourth-order valence-electron chi connectivity index (χ4n) is 3.49. The summed E-state index contributed by atoms with van der Waals surface area (Å²) in [4.78, 5) is 2.55. The molecular weight excluding hydrogens is 134 g/mol. The average Bonchev–Trinajstić information content (AvgIpc) is 2.58. The van der Waals surface area contributed by atoms with Gasteiger partial charge in [0, 0.05) is 12.1 Å².